The van der Waals surface area contributed by atoms with Gasteiger partial charge in [0.2, 0.25) is 6.41 Å². The summed E-state index contributed by atoms with van der Waals surface area (Å²) in [5.74, 6) is 0. The first kappa shape index (κ1) is 9.36. The Balaban J connectivity index is 3.22. The quantitative estimate of drug-likeness (QED) is 0.737. The molecule has 0 aromatic heterocycles. The van der Waals surface area contributed by atoms with E-state index in [0.717, 1.165) is 5.56 Å². The summed E-state index contributed by atoms with van der Waals surface area (Å²) >= 11 is 11.6. The smallest absolute Gasteiger partial charge is 0.211 e. The summed E-state index contributed by atoms with van der Waals surface area (Å²) in [6, 6.07) is 3.48. The number of amides is 1. The Labute approximate surface area is 80.5 Å². The molecule has 4 heteroatoms. The second-order valence-electron chi connectivity index (χ2n) is 2.32. The van der Waals surface area contributed by atoms with E-state index < -0.39 is 0 Å². The summed E-state index contributed by atoms with van der Waals surface area (Å²) in [5.41, 5.74) is 1.35. The highest BCUT2D eigenvalue weighted by atomic mass is 35.5. The van der Waals surface area contributed by atoms with Crippen LogP contribution >= 0.6 is 23.2 Å². The number of halogens is 2. The van der Waals surface area contributed by atoms with Crippen molar-refractivity contribution in [1.29, 1.82) is 0 Å². The average molecular weight is 204 g/mol. The molecule has 2 nitrogen and oxygen atoms in total. The van der Waals surface area contributed by atoms with Gasteiger partial charge in [-0.2, -0.15) is 0 Å². The first-order chi connectivity index (χ1) is 5.66. The van der Waals surface area contributed by atoms with Gasteiger partial charge in [-0.1, -0.05) is 29.3 Å². The summed E-state index contributed by atoms with van der Waals surface area (Å²) < 4.78 is 0. The fourth-order valence-electron chi connectivity index (χ4n) is 0.848. The van der Waals surface area contributed by atoms with Crippen molar-refractivity contribution < 1.29 is 4.79 Å². The lowest BCUT2D eigenvalue weighted by Gasteiger charge is -2.06. The number of anilines is 1. The van der Waals surface area contributed by atoms with Crippen molar-refractivity contribution in [2.45, 2.75) is 6.92 Å². The number of nitrogens with one attached hydrogen (secondary N) is 1. The molecule has 1 N–H and O–H groups in total. The molecule has 0 radical (unpaired) electrons. The molecule has 0 heterocycles. The monoisotopic (exact) mass is 203 g/mol. The van der Waals surface area contributed by atoms with Crippen LogP contribution in [0.2, 0.25) is 10.0 Å². The third-order valence-electron chi connectivity index (χ3n) is 1.49. The molecule has 1 rings (SSSR count). The lowest BCUT2D eigenvalue weighted by molar-refractivity contribution is -0.105. The van der Waals surface area contributed by atoms with Crippen LogP contribution in [0.25, 0.3) is 0 Å². The Bertz CT molecular complexity index is 312. The van der Waals surface area contributed by atoms with Crippen molar-refractivity contribution in [2.75, 3.05) is 5.32 Å². The molecule has 64 valence electrons. The Morgan fingerprint density at radius 3 is 2.67 bits per heavy atom. The second-order valence-corrected chi connectivity index (χ2v) is 3.10. The maximum Gasteiger partial charge on any atom is 0.211 e. The largest absolute Gasteiger partial charge is 0.326 e. The third kappa shape index (κ3) is 1.71. The van der Waals surface area contributed by atoms with E-state index in [-0.39, 0.29) is 0 Å². The van der Waals surface area contributed by atoms with E-state index in [1.54, 1.807) is 12.1 Å². The van der Waals surface area contributed by atoms with Gasteiger partial charge in [-0.05, 0) is 18.6 Å². The van der Waals surface area contributed by atoms with Gasteiger partial charge in [-0.25, -0.2) is 0 Å². The molecule has 1 aromatic rings. The van der Waals surface area contributed by atoms with E-state index in [9.17, 15) is 4.79 Å². The minimum absolute atomic E-state index is 0.442. The first-order valence-corrected chi connectivity index (χ1v) is 4.07. The van der Waals surface area contributed by atoms with Crippen LogP contribution in [0, 0.1) is 6.92 Å². The summed E-state index contributed by atoms with van der Waals surface area (Å²) in [7, 11) is 0. The van der Waals surface area contributed by atoms with Crippen molar-refractivity contribution in [2.24, 2.45) is 0 Å². The van der Waals surface area contributed by atoms with Gasteiger partial charge in [0.1, 0.15) is 0 Å². The van der Waals surface area contributed by atoms with Gasteiger partial charge in [0.15, 0.2) is 0 Å². The highest BCUT2D eigenvalue weighted by Crippen LogP contribution is 2.32. The van der Waals surface area contributed by atoms with Gasteiger partial charge in [-0.15, -0.1) is 0 Å². The maximum atomic E-state index is 10.2. The number of aryl methyl sites for hydroxylation is 1. The molecular weight excluding hydrogens is 197 g/mol. The Morgan fingerprint density at radius 1 is 1.42 bits per heavy atom. The number of carbonyl (C=O) groups is 1. The molecule has 1 aromatic carbocycles. The first-order valence-electron chi connectivity index (χ1n) is 3.31. The van der Waals surface area contributed by atoms with Gasteiger partial charge >= 0.3 is 0 Å². The maximum absolute atomic E-state index is 10.2. The van der Waals surface area contributed by atoms with E-state index >= 15 is 0 Å². The second kappa shape index (κ2) is 3.78. The van der Waals surface area contributed by atoms with Gasteiger partial charge in [0, 0.05) is 0 Å². The minimum atomic E-state index is 0.442. The third-order valence-corrected chi connectivity index (χ3v) is 2.29. The van der Waals surface area contributed by atoms with E-state index in [1.807, 2.05) is 6.92 Å². The molecule has 0 unspecified atom stereocenters. The molecule has 1 amide bonds. The van der Waals surface area contributed by atoms with Crippen LogP contribution in [-0.4, -0.2) is 6.41 Å². The van der Waals surface area contributed by atoms with Crippen molar-refractivity contribution >= 4 is 35.3 Å². The van der Waals surface area contributed by atoms with Gasteiger partial charge < -0.3 is 5.32 Å². The normalized spacial score (nSPS) is 9.58. The van der Waals surface area contributed by atoms with Crippen molar-refractivity contribution in [1.82, 2.24) is 0 Å². The number of hydrogen-bond donors (Lipinski definition) is 1. The molecule has 12 heavy (non-hydrogen) atoms. The van der Waals surface area contributed by atoms with Crippen LogP contribution in [0.4, 0.5) is 5.69 Å². The molecule has 0 spiro atoms. The van der Waals surface area contributed by atoms with E-state index in [2.05, 4.69) is 5.32 Å². The van der Waals surface area contributed by atoms with E-state index in [0.29, 0.717) is 22.1 Å². The van der Waals surface area contributed by atoms with Crippen LogP contribution < -0.4 is 5.32 Å². The number of carbonyl (C=O) groups excluding carboxylic acids is 1. The Hall–Kier alpha value is -0.730. The Morgan fingerprint density at radius 2 is 2.08 bits per heavy atom. The number of hydrogen-bond acceptors (Lipinski definition) is 1. The van der Waals surface area contributed by atoms with Gasteiger partial charge in [0.25, 0.3) is 0 Å². The lowest BCUT2D eigenvalue weighted by Crippen LogP contribution is -1.96. The van der Waals surface area contributed by atoms with Crippen LogP contribution in [0.1, 0.15) is 5.56 Å². The summed E-state index contributed by atoms with van der Waals surface area (Å²) in [6.45, 7) is 1.84. The van der Waals surface area contributed by atoms with Crippen LogP contribution in [0.5, 0.6) is 0 Å². The van der Waals surface area contributed by atoms with Crippen LogP contribution in [0.3, 0.4) is 0 Å². The fourth-order valence-corrected chi connectivity index (χ4v) is 1.33. The molecule has 0 aliphatic rings. The Kier molecular flexibility index (Phi) is 2.95. The highest BCUT2D eigenvalue weighted by Gasteiger charge is 2.06. The van der Waals surface area contributed by atoms with Gasteiger partial charge in [0.05, 0.1) is 15.7 Å². The highest BCUT2D eigenvalue weighted by molar-refractivity contribution is 6.39. The van der Waals surface area contributed by atoms with Crippen molar-refractivity contribution in [3.8, 4) is 0 Å². The summed E-state index contributed by atoms with van der Waals surface area (Å²) in [6.07, 6.45) is 0.548. The standard InChI is InChI=1S/C8H7Cl2NO/c1-5-2-3-6(9)8(7(5)10)11-4-12/h2-4H,1H3,(H,11,12). The topological polar surface area (TPSA) is 29.1 Å². The molecule has 0 atom stereocenters. The molecule has 0 aliphatic heterocycles. The molecule has 0 aliphatic carbocycles. The molecule has 0 bridgehead atoms. The van der Waals surface area contributed by atoms with Crippen LogP contribution in [0.15, 0.2) is 12.1 Å². The zero-order valence-corrected chi connectivity index (χ0v) is 7.91. The van der Waals surface area contributed by atoms with E-state index in [4.69, 9.17) is 23.2 Å². The number of rotatable bonds is 2. The molecule has 0 saturated heterocycles. The van der Waals surface area contributed by atoms with Crippen molar-refractivity contribution in [3.05, 3.63) is 27.7 Å². The van der Waals surface area contributed by atoms with Crippen LogP contribution in [-0.2, 0) is 4.79 Å². The summed E-state index contributed by atoms with van der Waals surface area (Å²) in [4.78, 5) is 10.2. The fraction of sp³-hybridized carbons (Fsp3) is 0.125. The molecular formula is C8H7Cl2NO. The van der Waals surface area contributed by atoms with Gasteiger partial charge in [-0.3, -0.25) is 4.79 Å². The minimum Gasteiger partial charge on any atom is -0.326 e. The SMILES string of the molecule is Cc1ccc(Cl)c(NC=O)c1Cl. The molecule has 0 saturated carbocycles. The lowest BCUT2D eigenvalue weighted by atomic mass is 10.2. The predicted octanol–water partition coefficient (Wildman–Crippen LogP) is 2.87. The summed E-state index contributed by atoms with van der Waals surface area (Å²) in [5, 5.41) is 3.36. The number of benzene rings is 1. The predicted molar refractivity (Wildman–Crippen MR) is 50.9 cm³/mol. The average Bonchev–Trinajstić information content (AvgIpc) is 2.06. The van der Waals surface area contributed by atoms with E-state index in [1.165, 1.54) is 0 Å². The zero-order valence-electron chi connectivity index (χ0n) is 6.40. The molecule has 0 fully saturated rings. The zero-order chi connectivity index (χ0) is 9.14. The van der Waals surface area contributed by atoms with Crippen molar-refractivity contribution in [3.63, 3.8) is 0 Å².